The lowest BCUT2D eigenvalue weighted by molar-refractivity contribution is 0.0122. The molecule has 4 aromatic rings. The van der Waals surface area contributed by atoms with Crippen LogP contribution in [-0.2, 0) is 10.5 Å². The van der Waals surface area contributed by atoms with E-state index in [0.29, 0.717) is 11.3 Å². The van der Waals surface area contributed by atoms with Gasteiger partial charge in [-0.25, -0.2) is 4.79 Å². The van der Waals surface area contributed by atoms with Crippen LogP contribution >= 0.6 is 0 Å². The molecule has 0 fully saturated rings. The number of nitrogens with zero attached hydrogens (tertiary/aromatic N) is 3. The molecule has 5 heteroatoms. The minimum absolute atomic E-state index is 0.382. The first kappa shape index (κ1) is 21.7. The van der Waals surface area contributed by atoms with E-state index in [1.807, 2.05) is 72.8 Å². The van der Waals surface area contributed by atoms with E-state index in [2.05, 4.69) is 35.8 Å². The summed E-state index contributed by atoms with van der Waals surface area (Å²) < 4.78 is 6.34. The molecule has 1 unspecified atom stereocenters. The number of rotatable bonds is 7. The summed E-state index contributed by atoms with van der Waals surface area (Å²) in [5, 5.41) is 0. The van der Waals surface area contributed by atoms with Crippen LogP contribution < -0.4 is 9.80 Å². The van der Waals surface area contributed by atoms with Crippen molar-refractivity contribution in [3.8, 4) is 0 Å². The maximum Gasteiger partial charge on any atom is 0.342 e. The number of carbonyl (C=O) groups excluding carboxylic acids is 1. The lowest BCUT2D eigenvalue weighted by Crippen LogP contribution is -2.45. The van der Waals surface area contributed by atoms with E-state index in [-0.39, 0.29) is 5.97 Å². The number of ether oxygens (including phenoxy) is 1. The summed E-state index contributed by atoms with van der Waals surface area (Å²) in [4.78, 5) is 22.2. The van der Waals surface area contributed by atoms with Gasteiger partial charge in [0, 0.05) is 41.9 Å². The highest BCUT2D eigenvalue weighted by Gasteiger charge is 2.54. The number of benzene rings is 3. The van der Waals surface area contributed by atoms with E-state index in [1.165, 1.54) is 0 Å². The van der Waals surface area contributed by atoms with E-state index in [4.69, 9.17) is 9.72 Å². The van der Waals surface area contributed by atoms with Crippen molar-refractivity contribution in [3.63, 3.8) is 0 Å². The number of pyridine rings is 1. The number of para-hydroxylation sites is 2. The van der Waals surface area contributed by atoms with Crippen LogP contribution in [0.3, 0.4) is 0 Å². The molecule has 170 valence electrons. The number of cyclic esters (lactones) is 1. The number of aromatic nitrogens is 1. The maximum absolute atomic E-state index is 13.2. The monoisotopic (exact) mass is 449 g/mol. The molecule has 0 saturated heterocycles. The number of carbonyl (C=O) groups is 1. The summed E-state index contributed by atoms with van der Waals surface area (Å²) in [6.45, 7) is 6.12. The molecule has 0 saturated carbocycles. The van der Waals surface area contributed by atoms with E-state index >= 15 is 0 Å². The number of fused-ring (bicyclic) bond motifs is 1. The second-order valence-electron chi connectivity index (χ2n) is 8.16. The SMILES string of the molecule is CCN(CC)c1ccc(C2(N(c3ccccc3)c3ccccc3)OC(=O)c3cccnc32)cc1. The standard InChI is InChI=1S/C29H27N3O2/c1-3-31(4-2)23-19-17-22(18-20-23)29(27-26(28(33)34-29)16-11-21-30-27)32(24-12-7-5-8-13-24)25-14-9-6-10-15-25/h5-21H,3-4H2,1-2H3. The number of esters is 1. The van der Waals surface area contributed by atoms with E-state index in [0.717, 1.165) is 35.7 Å². The van der Waals surface area contributed by atoms with Crippen molar-refractivity contribution < 1.29 is 9.53 Å². The second-order valence-corrected chi connectivity index (χ2v) is 8.16. The van der Waals surface area contributed by atoms with Crippen LogP contribution in [-0.4, -0.2) is 24.0 Å². The summed E-state index contributed by atoms with van der Waals surface area (Å²) in [7, 11) is 0. The topological polar surface area (TPSA) is 45.7 Å². The quantitative estimate of drug-likeness (QED) is 0.317. The van der Waals surface area contributed by atoms with Gasteiger partial charge in [0.2, 0.25) is 0 Å². The third-order valence-corrected chi connectivity index (χ3v) is 6.32. The molecule has 34 heavy (non-hydrogen) atoms. The molecule has 0 aliphatic carbocycles. The Balaban J connectivity index is 1.78. The molecule has 0 N–H and O–H groups in total. The molecular formula is C29H27N3O2. The normalized spacial score (nSPS) is 16.6. The molecular weight excluding hydrogens is 422 g/mol. The Kier molecular flexibility index (Phi) is 5.76. The molecule has 0 spiro atoms. The highest BCUT2D eigenvalue weighted by Crippen LogP contribution is 2.49. The lowest BCUT2D eigenvalue weighted by atomic mass is 9.93. The van der Waals surface area contributed by atoms with Crippen LogP contribution in [0.15, 0.2) is 103 Å². The Morgan fingerprint density at radius 1 is 0.735 bits per heavy atom. The van der Waals surface area contributed by atoms with Gasteiger partial charge in [0.05, 0.1) is 5.56 Å². The highest BCUT2D eigenvalue weighted by atomic mass is 16.6. The molecule has 5 rings (SSSR count). The van der Waals surface area contributed by atoms with Crippen LogP contribution in [0.1, 0.15) is 35.5 Å². The van der Waals surface area contributed by atoms with Crippen LogP contribution in [0.2, 0.25) is 0 Å². The minimum atomic E-state index is -1.25. The summed E-state index contributed by atoms with van der Waals surface area (Å²) in [5.74, 6) is -0.382. The molecule has 0 radical (unpaired) electrons. The minimum Gasteiger partial charge on any atom is -0.424 e. The van der Waals surface area contributed by atoms with Gasteiger partial charge in [-0.1, -0.05) is 48.5 Å². The van der Waals surface area contributed by atoms with E-state index < -0.39 is 5.72 Å². The van der Waals surface area contributed by atoms with Gasteiger partial charge in [-0.15, -0.1) is 0 Å². The number of hydrogen-bond donors (Lipinski definition) is 0. The fraction of sp³-hybridized carbons (Fsp3) is 0.172. The Bertz CT molecular complexity index is 1230. The van der Waals surface area contributed by atoms with Crippen molar-refractivity contribution >= 4 is 23.0 Å². The van der Waals surface area contributed by atoms with Crippen LogP contribution in [0.4, 0.5) is 17.1 Å². The van der Waals surface area contributed by atoms with Crippen molar-refractivity contribution in [3.05, 3.63) is 120 Å². The number of hydrogen-bond acceptors (Lipinski definition) is 5. The van der Waals surface area contributed by atoms with Crippen molar-refractivity contribution in [1.29, 1.82) is 0 Å². The van der Waals surface area contributed by atoms with Gasteiger partial charge in [0.25, 0.3) is 5.72 Å². The molecule has 2 heterocycles. The Hall–Kier alpha value is -4.12. The smallest absolute Gasteiger partial charge is 0.342 e. The zero-order chi connectivity index (χ0) is 23.5. The zero-order valence-corrected chi connectivity index (χ0v) is 19.4. The third-order valence-electron chi connectivity index (χ3n) is 6.32. The summed E-state index contributed by atoms with van der Waals surface area (Å²) in [5.41, 5.74) is 3.57. The largest absolute Gasteiger partial charge is 0.424 e. The predicted octanol–water partition coefficient (Wildman–Crippen LogP) is 6.14. The maximum atomic E-state index is 13.2. The molecule has 1 aromatic heterocycles. The predicted molar refractivity (Wildman–Crippen MR) is 135 cm³/mol. The van der Waals surface area contributed by atoms with Gasteiger partial charge >= 0.3 is 5.97 Å². The Morgan fingerprint density at radius 3 is 1.88 bits per heavy atom. The van der Waals surface area contributed by atoms with Crippen molar-refractivity contribution in [2.75, 3.05) is 22.9 Å². The van der Waals surface area contributed by atoms with Crippen molar-refractivity contribution in [2.24, 2.45) is 0 Å². The summed E-state index contributed by atoms with van der Waals surface area (Å²) >= 11 is 0. The molecule has 1 aliphatic rings. The fourth-order valence-corrected chi connectivity index (χ4v) is 4.71. The number of anilines is 3. The zero-order valence-electron chi connectivity index (χ0n) is 19.4. The lowest BCUT2D eigenvalue weighted by Gasteiger charge is -2.41. The van der Waals surface area contributed by atoms with Gasteiger partial charge in [-0.2, -0.15) is 0 Å². The van der Waals surface area contributed by atoms with Crippen molar-refractivity contribution in [2.45, 2.75) is 19.6 Å². The first-order valence-corrected chi connectivity index (χ1v) is 11.6. The average molecular weight is 450 g/mol. The van der Waals surface area contributed by atoms with Crippen LogP contribution in [0.25, 0.3) is 0 Å². The second kappa shape index (κ2) is 9.02. The third kappa shape index (κ3) is 3.50. The van der Waals surface area contributed by atoms with Gasteiger partial charge < -0.3 is 9.64 Å². The Labute approximate surface area is 200 Å². The summed E-state index contributed by atoms with van der Waals surface area (Å²) in [6, 6.07) is 31.8. The molecule has 5 nitrogen and oxygen atoms in total. The molecule has 1 atom stereocenters. The summed E-state index contributed by atoms with van der Waals surface area (Å²) in [6.07, 6.45) is 1.72. The van der Waals surface area contributed by atoms with Crippen molar-refractivity contribution in [1.82, 2.24) is 4.98 Å². The van der Waals surface area contributed by atoms with Gasteiger partial charge in [0.15, 0.2) is 0 Å². The van der Waals surface area contributed by atoms with Gasteiger partial charge in [0.1, 0.15) is 5.69 Å². The van der Waals surface area contributed by atoms with Crippen LogP contribution in [0, 0.1) is 0 Å². The first-order valence-electron chi connectivity index (χ1n) is 11.6. The first-order chi connectivity index (χ1) is 16.7. The van der Waals surface area contributed by atoms with Gasteiger partial charge in [-0.05, 0) is 62.4 Å². The molecule has 1 aliphatic heterocycles. The van der Waals surface area contributed by atoms with Crippen LogP contribution in [0.5, 0.6) is 0 Å². The Morgan fingerprint density at radius 2 is 1.32 bits per heavy atom. The molecule has 0 amide bonds. The molecule has 3 aromatic carbocycles. The van der Waals surface area contributed by atoms with E-state index in [1.54, 1.807) is 18.3 Å². The van der Waals surface area contributed by atoms with Gasteiger partial charge in [-0.3, -0.25) is 9.88 Å². The average Bonchev–Trinajstić information content (AvgIpc) is 3.20. The van der Waals surface area contributed by atoms with E-state index in [9.17, 15) is 4.79 Å². The highest BCUT2D eigenvalue weighted by molar-refractivity contribution is 5.96. The fourth-order valence-electron chi connectivity index (χ4n) is 4.71. The molecule has 0 bridgehead atoms.